The van der Waals surface area contributed by atoms with Crippen molar-refractivity contribution in [3.8, 4) is 5.75 Å². The molecule has 4 nitrogen and oxygen atoms in total. The first-order valence-corrected chi connectivity index (χ1v) is 7.56. The van der Waals surface area contributed by atoms with Crippen LogP contribution in [0.5, 0.6) is 5.75 Å². The van der Waals surface area contributed by atoms with Gasteiger partial charge in [-0.25, -0.2) is 8.42 Å². The number of sulfonamides is 1. The summed E-state index contributed by atoms with van der Waals surface area (Å²) in [5, 5.41) is 0. The summed E-state index contributed by atoms with van der Waals surface area (Å²) >= 11 is 3.30. The molecule has 1 aliphatic carbocycles. The van der Waals surface area contributed by atoms with Crippen LogP contribution in [0.4, 0.5) is 5.69 Å². The van der Waals surface area contributed by atoms with E-state index in [2.05, 4.69) is 20.7 Å². The quantitative estimate of drug-likeness (QED) is 0.929. The summed E-state index contributed by atoms with van der Waals surface area (Å²) in [6.07, 6.45) is 3.43. The van der Waals surface area contributed by atoms with Crippen molar-refractivity contribution in [2.45, 2.75) is 18.9 Å². The van der Waals surface area contributed by atoms with Gasteiger partial charge >= 0.3 is 0 Å². The van der Waals surface area contributed by atoms with Crippen LogP contribution in [0.2, 0.25) is 0 Å². The largest absolute Gasteiger partial charge is 0.488 e. The zero-order valence-corrected chi connectivity index (χ0v) is 11.1. The second kappa shape index (κ2) is 4.25. The monoisotopic (exact) mass is 305 g/mol. The highest BCUT2D eigenvalue weighted by Gasteiger charge is 2.25. The molecule has 1 aromatic rings. The van der Waals surface area contributed by atoms with Gasteiger partial charge in [-0.15, -0.1) is 0 Å². The van der Waals surface area contributed by atoms with Crippen molar-refractivity contribution < 1.29 is 13.2 Å². The van der Waals surface area contributed by atoms with Crippen molar-refractivity contribution in [3.05, 3.63) is 22.7 Å². The standard InChI is InChI=1S/C10H12BrNO3S/c1-16(13,14)12-9-6-7(11)2-5-10(9)15-8-3-4-8/h2,5-6,8,12H,3-4H2,1H3. The topological polar surface area (TPSA) is 55.4 Å². The normalized spacial score (nSPS) is 15.9. The molecule has 16 heavy (non-hydrogen) atoms. The minimum Gasteiger partial charge on any atom is -0.488 e. The molecular formula is C10H12BrNO3S. The summed E-state index contributed by atoms with van der Waals surface area (Å²) in [4.78, 5) is 0. The molecule has 1 aliphatic rings. The van der Waals surface area contributed by atoms with E-state index >= 15 is 0 Å². The Morgan fingerprint density at radius 3 is 2.69 bits per heavy atom. The van der Waals surface area contributed by atoms with Gasteiger partial charge in [0, 0.05) is 4.47 Å². The van der Waals surface area contributed by atoms with Gasteiger partial charge in [0.1, 0.15) is 5.75 Å². The summed E-state index contributed by atoms with van der Waals surface area (Å²) in [7, 11) is -3.28. The summed E-state index contributed by atoms with van der Waals surface area (Å²) in [6.45, 7) is 0. The molecule has 0 spiro atoms. The van der Waals surface area contributed by atoms with E-state index in [1.54, 1.807) is 12.1 Å². The zero-order chi connectivity index (χ0) is 11.8. The predicted molar refractivity (Wildman–Crippen MR) is 66.3 cm³/mol. The maximum absolute atomic E-state index is 11.2. The fourth-order valence-corrected chi connectivity index (χ4v) is 2.17. The van der Waals surface area contributed by atoms with E-state index in [1.165, 1.54) is 0 Å². The number of anilines is 1. The lowest BCUT2D eigenvalue weighted by molar-refractivity contribution is 0.305. The number of nitrogens with one attached hydrogen (secondary N) is 1. The molecule has 0 heterocycles. The molecular weight excluding hydrogens is 294 g/mol. The fourth-order valence-electron chi connectivity index (χ4n) is 1.25. The Morgan fingerprint density at radius 2 is 2.12 bits per heavy atom. The molecule has 0 amide bonds. The first-order valence-electron chi connectivity index (χ1n) is 4.88. The second-order valence-corrected chi connectivity index (χ2v) is 6.50. The average Bonchev–Trinajstić information content (AvgIpc) is 2.91. The molecule has 0 bridgehead atoms. The molecule has 1 aromatic carbocycles. The highest BCUT2D eigenvalue weighted by molar-refractivity contribution is 9.10. The molecule has 0 unspecified atom stereocenters. The van der Waals surface area contributed by atoms with Crippen molar-refractivity contribution in [3.63, 3.8) is 0 Å². The molecule has 0 aliphatic heterocycles. The molecule has 6 heteroatoms. The van der Waals surface area contributed by atoms with E-state index in [1.807, 2.05) is 6.07 Å². The van der Waals surface area contributed by atoms with Gasteiger partial charge in [-0.1, -0.05) is 15.9 Å². The lowest BCUT2D eigenvalue weighted by atomic mass is 10.3. The summed E-state index contributed by atoms with van der Waals surface area (Å²) in [6, 6.07) is 5.28. The molecule has 0 saturated heterocycles. The van der Waals surface area contributed by atoms with Crippen molar-refractivity contribution >= 4 is 31.6 Å². The van der Waals surface area contributed by atoms with Crippen LogP contribution in [0.3, 0.4) is 0 Å². The molecule has 88 valence electrons. The minimum absolute atomic E-state index is 0.237. The van der Waals surface area contributed by atoms with E-state index in [9.17, 15) is 8.42 Å². The van der Waals surface area contributed by atoms with Crippen molar-refractivity contribution in [2.24, 2.45) is 0 Å². The number of hydrogen-bond acceptors (Lipinski definition) is 3. The van der Waals surface area contributed by atoms with Crippen LogP contribution < -0.4 is 9.46 Å². The second-order valence-electron chi connectivity index (χ2n) is 3.83. The highest BCUT2D eigenvalue weighted by Crippen LogP contribution is 2.34. The van der Waals surface area contributed by atoms with Gasteiger partial charge in [0.25, 0.3) is 0 Å². The Bertz CT molecular complexity index is 497. The number of ether oxygens (including phenoxy) is 1. The number of hydrogen-bond donors (Lipinski definition) is 1. The number of halogens is 1. The molecule has 0 aromatic heterocycles. The third-order valence-electron chi connectivity index (χ3n) is 2.05. The van der Waals surface area contributed by atoms with E-state index < -0.39 is 10.0 Å². The number of rotatable bonds is 4. The van der Waals surface area contributed by atoms with Gasteiger partial charge in [-0.2, -0.15) is 0 Å². The molecule has 1 fully saturated rings. The third kappa shape index (κ3) is 3.38. The van der Waals surface area contributed by atoms with E-state index in [-0.39, 0.29) is 6.10 Å². The van der Waals surface area contributed by atoms with Crippen LogP contribution in [-0.4, -0.2) is 20.8 Å². The van der Waals surface area contributed by atoms with Gasteiger partial charge in [0.2, 0.25) is 10.0 Å². The lowest BCUT2D eigenvalue weighted by Crippen LogP contribution is -2.11. The average molecular weight is 306 g/mol. The van der Waals surface area contributed by atoms with Gasteiger partial charge in [-0.3, -0.25) is 4.72 Å². The predicted octanol–water partition coefficient (Wildman–Crippen LogP) is 2.36. The van der Waals surface area contributed by atoms with E-state index in [0.717, 1.165) is 23.6 Å². The first-order chi connectivity index (χ1) is 7.44. The Labute approximate surface area is 103 Å². The lowest BCUT2D eigenvalue weighted by Gasteiger charge is -2.12. The van der Waals surface area contributed by atoms with E-state index in [4.69, 9.17) is 4.74 Å². The van der Waals surface area contributed by atoms with Crippen LogP contribution in [-0.2, 0) is 10.0 Å². The van der Waals surface area contributed by atoms with Crippen LogP contribution in [0.1, 0.15) is 12.8 Å². The van der Waals surface area contributed by atoms with Gasteiger partial charge in [-0.05, 0) is 31.0 Å². The van der Waals surface area contributed by atoms with Gasteiger partial charge in [0.05, 0.1) is 18.0 Å². The molecule has 2 rings (SSSR count). The Hall–Kier alpha value is -0.750. The van der Waals surface area contributed by atoms with Gasteiger partial charge in [0.15, 0.2) is 0 Å². The molecule has 1 saturated carbocycles. The minimum atomic E-state index is -3.28. The maximum atomic E-state index is 11.2. The van der Waals surface area contributed by atoms with Crippen molar-refractivity contribution in [2.75, 3.05) is 11.0 Å². The summed E-state index contributed by atoms with van der Waals surface area (Å²) in [5.74, 6) is 0.580. The Balaban J connectivity index is 2.27. The SMILES string of the molecule is CS(=O)(=O)Nc1cc(Br)ccc1OC1CC1. The molecule has 1 N–H and O–H groups in total. The van der Waals surface area contributed by atoms with E-state index in [0.29, 0.717) is 11.4 Å². The maximum Gasteiger partial charge on any atom is 0.229 e. The summed E-state index contributed by atoms with van der Waals surface area (Å²) < 4.78 is 31.2. The van der Waals surface area contributed by atoms with Crippen LogP contribution in [0.15, 0.2) is 22.7 Å². The van der Waals surface area contributed by atoms with Crippen LogP contribution in [0, 0.1) is 0 Å². The molecule has 0 atom stereocenters. The zero-order valence-electron chi connectivity index (χ0n) is 8.73. The van der Waals surface area contributed by atoms with Crippen molar-refractivity contribution in [1.29, 1.82) is 0 Å². The van der Waals surface area contributed by atoms with Crippen LogP contribution in [0.25, 0.3) is 0 Å². The molecule has 0 radical (unpaired) electrons. The van der Waals surface area contributed by atoms with Gasteiger partial charge < -0.3 is 4.74 Å². The Morgan fingerprint density at radius 1 is 1.44 bits per heavy atom. The Kier molecular flexibility index (Phi) is 3.12. The van der Waals surface area contributed by atoms with Crippen molar-refractivity contribution in [1.82, 2.24) is 0 Å². The summed E-state index contributed by atoms with van der Waals surface area (Å²) in [5.41, 5.74) is 0.476. The third-order valence-corrected chi connectivity index (χ3v) is 3.14. The van der Waals surface area contributed by atoms with Crippen LogP contribution >= 0.6 is 15.9 Å². The number of benzene rings is 1. The first kappa shape index (κ1) is 11.7. The smallest absolute Gasteiger partial charge is 0.229 e. The highest BCUT2D eigenvalue weighted by atomic mass is 79.9. The fraction of sp³-hybridized carbons (Fsp3) is 0.400.